The summed E-state index contributed by atoms with van der Waals surface area (Å²) in [5, 5.41) is 2.15. The van der Waals surface area contributed by atoms with Crippen LogP contribution in [-0.2, 0) is 11.2 Å². The van der Waals surface area contributed by atoms with E-state index in [4.69, 9.17) is 10.6 Å². The average molecular weight is 420 g/mol. The molecule has 1 aromatic heterocycles. The van der Waals surface area contributed by atoms with Crippen LogP contribution >= 0.6 is 11.8 Å². The van der Waals surface area contributed by atoms with Crippen LogP contribution in [0, 0.1) is 0 Å². The van der Waals surface area contributed by atoms with Gasteiger partial charge in [0.25, 0.3) is 0 Å². The maximum absolute atomic E-state index is 10.9. The zero-order valence-corrected chi connectivity index (χ0v) is 18.3. The molecule has 29 heavy (non-hydrogen) atoms. The molecule has 1 aliphatic heterocycles. The molecule has 3 N–H and O–H groups in total. The second-order valence-electron chi connectivity index (χ2n) is 7.30. The van der Waals surface area contributed by atoms with Crippen molar-refractivity contribution in [1.29, 1.82) is 0 Å². The van der Waals surface area contributed by atoms with Crippen LogP contribution in [0.25, 0.3) is 0 Å². The van der Waals surface area contributed by atoms with Crippen molar-refractivity contribution < 1.29 is 9.53 Å². The molecular formula is C21H33N5O2S. The molecule has 8 heteroatoms. The van der Waals surface area contributed by atoms with Gasteiger partial charge in [-0.05, 0) is 62.1 Å². The summed E-state index contributed by atoms with van der Waals surface area (Å²) in [6, 6.07) is 4.33. The van der Waals surface area contributed by atoms with Crippen molar-refractivity contribution in [3.05, 3.63) is 46.5 Å². The van der Waals surface area contributed by atoms with Crippen LogP contribution in [-0.4, -0.2) is 55.8 Å². The van der Waals surface area contributed by atoms with Gasteiger partial charge in [0.1, 0.15) is 0 Å². The first-order chi connectivity index (χ1) is 14.0. The molecule has 0 radical (unpaired) electrons. The van der Waals surface area contributed by atoms with Gasteiger partial charge in [-0.2, -0.15) is 0 Å². The number of hydrogen-bond acceptors (Lipinski definition) is 7. The number of amides is 1. The number of thioether (sulfide) groups is 1. The number of allylic oxidation sites excluding steroid dienone is 2. The number of hydrogen-bond donors (Lipinski definition) is 2. The molecule has 0 unspecified atom stereocenters. The van der Waals surface area contributed by atoms with Gasteiger partial charge >= 0.3 is 6.09 Å². The SMILES string of the molecule is C=C(CCCOC(=O)NN)S/C=C(\C)CCc1ccc(N2CCN(C)CC2)cn1. The van der Waals surface area contributed by atoms with Crippen LogP contribution < -0.4 is 16.2 Å². The molecule has 0 aromatic carbocycles. The van der Waals surface area contributed by atoms with E-state index in [-0.39, 0.29) is 0 Å². The summed E-state index contributed by atoms with van der Waals surface area (Å²) in [7, 11) is 2.17. The molecule has 1 aliphatic rings. The highest BCUT2D eigenvalue weighted by Gasteiger charge is 2.14. The van der Waals surface area contributed by atoms with E-state index in [9.17, 15) is 4.79 Å². The van der Waals surface area contributed by atoms with Crippen LogP contribution in [0.3, 0.4) is 0 Å². The number of anilines is 1. The normalized spacial score (nSPS) is 15.3. The summed E-state index contributed by atoms with van der Waals surface area (Å²) in [5.74, 6) is 4.95. The Morgan fingerprint density at radius 3 is 2.76 bits per heavy atom. The fourth-order valence-electron chi connectivity index (χ4n) is 2.92. The highest BCUT2D eigenvalue weighted by Crippen LogP contribution is 2.23. The van der Waals surface area contributed by atoms with Crippen LogP contribution in [0.5, 0.6) is 0 Å². The van der Waals surface area contributed by atoms with E-state index < -0.39 is 6.09 Å². The van der Waals surface area contributed by atoms with Crippen LogP contribution in [0.2, 0.25) is 0 Å². The van der Waals surface area contributed by atoms with Crippen molar-refractivity contribution in [2.45, 2.75) is 32.6 Å². The number of carbonyl (C=O) groups is 1. The number of ether oxygens (including phenoxy) is 1. The molecule has 160 valence electrons. The van der Waals surface area contributed by atoms with E-state index in [0.29, 0.717) is 6.61 Å². The Kier molecular flexibility index (Phi) is 10.0. The Labute approximate surface area is 178 Å². The Morgan fingerprint density at radius 2 is 2.10 bits per heavy atom. The molecule has 1 fully saturated rings. The lowest BCUT2D eigenvalue weighted by molar-refractivity contribution is 0.145. The monoisotopic (exact) mass is 419 g/mol. The number of nitrogens with one attached hydrogen (secondary N) is 1. The van der Waals surface area contributed by atoms with Gasteiger partial charge in [0, 0.05) is 31.9 Å². The number of aromatic nitrogens is 1. The quantitative estimate of drug-likeness (QED) is 0.260. The smallest absolute Gasteiger partial charge is 0.421 e. The molecule has 0 bridgehead atoms. The summed E-state index contributed by atoms with van der Waals surface area (Å²) in [4.78, 5) is 21.3. The minimum Gasteiger partial charge on any atom is -0.449 e. The lowest BCUT2D eigenvalue weighted by Crippen LogP contribution is -2.44. The summed E-state index contributed by atoms with van der Waals surface area (Å²) < 4.78 is 4.85. The largest absolute Gasteiger partial charge is 0.449 e. The predicted molar refractivity (Wildman–Crippen MR) is 121 cm³/mol. The first-order valence-electron chi connectivity index (χ1n) is 10.00. The highest BCUT2D eigenvalue weighted by molar-refractivity contribution is 8.05. The number of nitrogens with zero attached hydrogens (tertiary/aromatic N) is 3. The molecule has 1 saturated heterocycles. The average Bonchev–Trinajstić information content (AvgIpc) is 2.74. The van der Waals surface area contributed by atoms with Gasteiger partial charge in [-0.3, -0.25) is 10.4 Å². The zero-order valence-electron chi connectivity index (χ0n) is 17.5. The maximum atomic E-state index is 10.9. The number of pyridine rings is 1. The standard InChI is InChI=1S/C21H33N5O2S/c1-17(16-29-18(2)5-4-14-28-21(27)24-22)6-7-19-8-9-20(15-23-19)26-12-10-25(3)11-13-26/h8-9,15-16H,2,4-7,10-14,22H2,1,3H3,(H,24,27)/b17-16+. The maximum Gasteiger partial charge on any atom is 0.421 e. The number of rotatable bonds is 10. The van der Waals surface area contributed by atoms with E-state index in [1.54, 1.807) is 11.8 Å². The Balaban J connectivity index is 1.66. The van der Waals surface area contributed by atoms with Crippen molar-refractivity contribution in [3.63, 3.8) is 0 Å². The summed E-state index contributed by atoms with van der Waals surface area (Å²) in [5.41, 5.74) is 5.58. The molecule has 7 nitrogen and oxygen atoms in total. The van der Waals surface area contributed by atoms with Gasteiger partial charge in [0.15, 0.2) is 0 Å². The highest BCUT2D eigenvalue weighted by atomic mass is 32.2. The number of aryl methyl sites for hydroxylation is 1. The molecule has 2 heterocycles. The van der Waals surface area contributed by atoms with Crippen LogP contribution in [0.4, 0.5) is 10.5 Å². The summed E-state index contributed by atoms with van der Waals surface area (Å²) in [6.45, 7) is 10.9. The summed E-state index contributed by atoms with van der Waals surface area (Å²) >= 11 is 1.64. The number of likely N-dealkylation sites (N-methyl/N-ethyl adjacent to an activating group) is 1. The molecule has 0 spiro atoms. The van der Waals surface area contributed by atoms with Gasteiger partial charge in [-0.1, -0.05) is 12.2 Å². The van der Waals surface area contributed by atoms with E-state index in [1.165, 1.54) is 11.3 Å². The molecular weight excluding hydrogens is 386 g/mol. The van der Waals surface area contributed by atoms with Gasteiger partial charge < -0.3 is 14.5 Å². The van der Waals surface area contributed by atoms with Crippen LogP contribution in [0.1, 0.15) is 31.9 Å². The molecule has 0 saturated carbocycles. The molecule has 0 aliphatic carbocycles. The Bertz CT molecular complexity index is 685. The Morgan fingerprint density at radius 1 is 1.34 bits per heavy atom. The second-order valence-corrected chi connectivity index (χ2v) is 8.35. The number of hydrazine groups is 1. The molecule has 1 amide bonds. The van der Waals surface area contributed by atoms with Crippen molar-refractivity contribution in [2.24, 2.45) is 5.84 Å². The fourth-order valence-corrected chi connectivity index (χ4v) is 3.67. The van der Waals surface area contributed by atoms with E-state index in [1.807, 2.05) is 11.6 Å². The van der Waals surface area contributed by atoms with Crippen LogP contribution in [0.15, 0.2) is 40.8 Å². The second kappa shape index (κ2) is 12.5. The molecule has 1 aromatic rings. The third-order valence-electron chi connectivity index (χ3n) is 4.83. The first-order valence-corrected chi connectivity index (χ1v) is 10.9. The zero-order chi connectivity index (χ0) is 21.1. The number of nitrogens with two attached hydrogens (primary N) is 1. The van der Waals surface area contributed by atoms with Crippen molar-refractivity contribution in [3.8, 4) is 0 Å². The third-order valence-corrected chi connectivity index (χ3v) is 5.89. The van der Waals surface area contributed by atoms with Crippen molar-refractivity contribution in [2.75, 3.05) is 44.7 Å². The van der Waals surface area contributed by atoms with Gasteiger partial charge in [0.2, 0.25) is 0 Å². The Hall–Kier alpha value is -2.03. The first kappa shape index (κ1) is 23.3. The number of carbonyl (C=O) groups excluding carboxylic acids is 1. The number of piperazine rings is 1. The predicted octanol–water partition coefficient (Wildman–Crippen LogP) is 3.30. The van der Waals surface area contributed by atoms with Gasteiger partial charge in [0.05, 0.1) is 18.5 Å². The van der Waals surface area contributed by atoms with Gasteiger partial charge in [-0.25, -0.2) is 10.6 Å². The van der Waals surface area contributed by atoms with Gasteiger partial charge in [-0.15, -0.1) is 11.8 Å². The summed E-state index contributed by atoms with van der Waals surface area (Å²) in [6.07, 6.45) is 4.83. The topological polar surface area (TPSA) is 83.7 Å². The van der Waals surface area contributed by atoms with E-state index >= 15 is 0 Å². The van der Waals surface area contributed by atoms with Crippen molar-refractivity contribution >= 4 is 23.5 Å². The molecule has 0 atom stereocenters. The lowest BCUT2D eigenvalue weighted by Gasteiger charge is -2.33. The third kappa shape index (κ3) is 8.89. The minimum absolute atomic E-state index is 0.334. The molecule has 2 rings (SSSR count). The lowest BCUT2D eigenvalue weighted by atomic mass is 10.1. The fraction of sp³-hybridized carbons (Fsp3) is 0.524. The van der Waals surface area contributed by atoms with E-state index in [2.05, 4.69) is 52.9 Å². The van der Waals surface area contributed by atoms with E-state index in [0.717, 1.165) is 62.5 Å². The minimum atomic E-state index is -0.607. The van der Waals surface area contributed by atoms with Crippen molar-refractivity contribution in [1.82, 2.24) is 15.3 Å².